The molecular weight excluding hydrogens is 426 g/mol. The number of anilines is 1. The zero-order valence-electron chi connectivity index (χ0n) is 20.2. The van der Waals surface area contributed by atoms with Crippen molar-refractivity contribution in [3.8, 4) is 11.1 Å². The van der Waals surface area contributed by atoms with Gasteiger partial charge >= 0.3 is 0 Å². The van der Waals surface area contributed by atoms with E-state index in [1.54, 1.807) is 12.4 Å². The van der Waals surface area contributed by atoms with E-state index >= 15 is 0 Å². The lowest BCUT2D eigenvalue weighted by atomic mass is 9.99. The van der Waals surface area contributed by atoms with E-state index in [-0.39, 0.29) is 11.8 Å². The number of H-pyrrole nitrogens is 1. The van der Waals surface area contributed by atoms with Gasteiger partial charge in [-0.25, -0.2) is 0 Å². The quantitative estimate of drug-likeness (QED) is 0.441. The lowest BCUT2D eigenvalue weighted by Gasteiger charge is -2.18. The Morgan fingerprint density at radius 3 is 2.65 bits per heavy atom. The van der Waals surface area contributed by atoms with Gasteiger partial charge in [-0.15, -0.1) is 0 Å². The van der Waals surface area contributed by atoms with Gasteiger partial charge in [-0.1, -0.05) is 26.0 Å². The minimum absolute atomic E-state index is 0.0989. The molecule has 0 aliphatic carbocycles. The number of aromatic amines is 1. The summed E-state index contributed by atoms with van der Waals surface area (Å²) < 4.78 is 0. The molecule has 2 aromatic heterocycles. The van der Waals surface area contributed by atoms with Crippen LogP contribution in [0.4, 0.5) is 5.69 Å². The van der Waals surface area contributed by atoms with Crippen LogP contribution in [0.1, 0.15) is 46.7 Å². The number of aryl methyl sites for hydroxylation is 1. The molecule has 0 radical (unpaired) electrons. The molecule has 0 spiro atoms. The van der Waals surface area contributed by atoms with E-state index in [1.807, 2.05) is 50.3 Å². The number of benzene rings is 1. The monoisotopic (exact) mass is 457 g/mol. The molecule has 1 aliphatic heterocycles. The van der Waals surface area contributed by atoms with Gasteiger partial charge in [-0.3, -0.25) is 14.6 Å². The molecule has 0 bridgehead atoms. The molecule has 3 heterocycles. The molecule has 176 valence electrons. The number of nitrogens with zero attached hydrogens (tertiary/aromatic N) is 2. The predicted octanol–water partition coefficient (Wildman–Crippen LogP) is 4.26. The summed E-state index contributed by atoms with van der Waals surface area (Å²) in [4.78, 5) is 35.5. The number of likely N-dealkylation sites (N-methyl/N-ethyl adjacent to an activating group) is 1. The smallest absolute Gasteiger partial charge is 0.256 e. The largest absolute Gasteiger partial charge is 0.358 e. The SMILES string of the molecule is CCN(CC)CCNC(=O)c1c(C)[nH]c(/C=C2\C(=O)Nc3ccc(-c4cccnc4)cc32)c1C. The van der Waals surface area contributed by atoms with Crippen molar-refractivity contribution in [1.82, 2.24) is 20.2 Å². The van der Waals surface area contributed by atoms with Gasteiger partial charge in [0.2, 0.25) is 0 Å². The summed E-state index contributed by atoms with van der Waals surface area (Å²) in [6.07, 6.45) is 5.38. The van der Waals surface area contributed by atoms with E-state index in [4.69, 9.17) is 0 Å². The van der Waals surface area contributed by atoms with Crippen molar-refractivity contribution in [3.05, 3.63) is 70.8 Å². The Balaban J connectivity index is 1.61. The van der Waals surface area contributed by atoms with E-state index in [0.717, 1.165) is 59.0 Å². The van der Waals surface area contributed by atoms with Crippen molar-refractivity contribution < 1.29 is 9.59 Å². The first-order valence-corrected chi connectivity index (χ1v) is 11.7. The maximum Gasteiger partial charge on any atom is 0.256 e. The average molecular weight is 458 g/mol. The second-order valence-corrected chi connectivity index (χ2v) is 8.46. The summed E-state index contributed by atoms with van der Waals surface area (Å²) in [5.74, 6) is -0.256. The van der Waals surface area contributed by atoms with Crippen LogP contribution in [-0.4, -0.2) is 52.9 Å². The molecule has 0 saturated heterocycles. The molecule has 0 unspecified atom stereocenters. The van der Waals surface area contributed by atoms with E-state index in [1.165, 1.54) is 0 Å². The van der Waals surface area contributed by atoms with Crippen LogP contribution in [0.15, 0.2) is 42.7 Å². The summed E-state index contributed by atoms with van der Waals surface area (Å²) in [5, 5.41) is 5.97. The molecule has 34 heavy (non-hydrogen) atoms. The van der Waals surface area contributed by atoms with Gasteiger partial charge in [0.05, 0.1) is 11.1 Å². The fourth-order valence-corrected chi connectivity index (χ4v) is 4.40. The number of hydrogen-bond acceptors (Lipinski definition) is 4. The van der Waals surface area contributed by atoms with E-state index < -0.39 is 0 Å². The van der Waals surface area contributed by atoms with Gasteiger partial charge in [0, 0.05) is 53.7 Å². The Kier molecular flexibility index (Phi) is 6.93. The Morgan fingerprint density at radius 2 is 1.94 bits per heavy atom. The normalized spacial score (nSPS) is 13.9. The van der Waals surface area contributed by atoms with Gasteiger partial charge < -0.3 is 20.5 Å². The fraction of sp³-hybridized carbons (Fsp3) is 0.296. The van der Waals surface area contributed by atoms with Crippen molar-refractivity contribution in [2.24, 2.45) is 0 Å². The number of aromatic nitrogens is 2. The van der Waals surface area contributed by atoms with Crippen LogP contribution < -0.4 is 10.6 Å². The first-order valence-electron chi connectivity index (χ1n) is 11.7. The molecule has 0 atom stereocenters. The summed E-state index contributed by atoms with van der Waals surface area (Å²) in [5.41, 5.74) is 7.16. The molecule has 7 nitrogen and oxygen atoms in total. The van der Waals surface area contributed by atoms with Crippen LogP contribution in [0.25, 0.3) is 22.8 Å². The number of nitrogens with one attached hydrogen (secondary N) is 3. The molecule has 0 saturated carbocycles. The number of pyridine rings is 1. The summed E-state index contributed by atoms with van der Waals surface area (Å²) >= 11 is 0. The highest BCUT2D eigenvalue weighted by atomic mass is 16.2. The summed E-state index contributed by atoms with van der Waals surface area (Å²) in [7, 11) is 0. The Hall–Kier alpha value is -3.71. The maximum absolute atomic E-state index is 12.9. The molecule has 3 aromatic rings. The second kappa shape index (κ2) is 10.1. The zero-order chi connectivity index (χ0) is 24.2. The summed E-state index contributed by atoms with van der Waals surface area (Å²) in [6.45, 7) is 11.3. The lowest BCUT2D eigenvalue weighted by molar-refractivity contribution is -0.110. The van der Waals surface area contributed by atoms with E-state index in [9.17, 15) is 9.59 Å². The molecule has 0 fully saturated rings. The zero-order valence-corrected chi connectivity index (χ0v) is 20.2. The van der Waals surface area contributed by atoms with Crippen LogP contribution in [-0.2, 0) is 4.79 Å². The molecule has 1 aromatic carbocycles. The summed E-state index contributed by atoms with van der Waals surface area (Å²) in [6, 6.07) is 9.78. The highest BCUT2D eigenvalue weighted by molar-refractivity contribution is 6.35. The number of hydrogen-bond donors (Lipinski definition) is 3. The number of amides is 2. The molecule has 2 amide bonds. The highest BCUT2D eigenvalue weighted by Crippen LogP contribution is 2.36. The number of rotatable bonds is 8. The molecular formula is C27H31N5O2. The lowest BCUT2D eigenvalue weighted by Crippen LogP contribution is -2.35. The van der Waals surface area contributed by atoms with Gasteiger partial charge in [-0.2, -0.15) is 0 Å². The minimum Gasteiger partial charge on any atom is -0.358 e. The number of carbonyl (C=O) groups is 2. The highest BCUT2D eigenvalue weighted by Gasteiger charge is 2.26. The topological polar surface area (TPSA) is 90.1 Å². The van der Waals surface area contributed by atoms with Crippen molar-refractivity contribution in [3.63, 3.8) is 0 Å². The fourth-order valence-electron chi connectivity index (χ4n) is 4.40. The first-order chi connectivity index (χ1) is 16.4. The number of carbonyl (C=O) groups excluding carboxylic acids is 2. The molecule has 3 N–H and O–H groups in total. The maximum atomic E-state index is 12.9. The second-order valence-electron chi connectivity index (χ2n) is 8.46. The van der Waals surface area contributed by atoms with Gasteiger partial charge in [0.1, 0.15) is 0 Å². The third-order valence-electron chi connectivity index (χ3n) is 6.40. The molecule has 7 heteroatoms. The van der Waals surface area contributed by atoms with Crippen LogP contribution in [0, 0.1) is 13.8 Å². The van der Waals surface area contributed by atoms with Crippen molar-refractivity contribution in [1.29, 1.82) is 0 Å². The Morgan fingerprint density at radius 1 is 1.15 bits per heavy atom. The predicted molar refractivity (Wildman–Crippen MR) is 137 cm³/mol. The van der Waals surface area contributed by atoms with Crippen molar-refractivity contribution in [2.45, 2.75) is 27.7 Å². The molecule has 1 aliphatic rings. The van der Waals surface area contributed by atoms with Crippen molar-refractivity contribution >= 4 is 29.2 Å². The minimum atomic E-state index is -0.157. The van der Waals surface area contributed by atoms with Crippen molar-refractivity contribution in [2.75, 3.05) is 31.5 Å². The number of fused-ring (bicyclic) bond motifs is 1. The van der Waals surface area contributed by atoms with Gasteiger partial charge in [-0.05, 0) is 62.3 Å². The third-order valence-corrected chi connectivity index (χ3v) is 6.40. The van der Waals surface area contributed by atoms with Gasteiger partial charge in [0.25, 0.3) is 11.8 Å². The van der Waals surface area contributed by atoms with Crippen LogP contribution >= 0.6 is 0 Å². The van der Waals surface area contributed by atoms with E-state index in [0.29, 0.717) is 17.7 Å². The first kappa shape index (κ1) is 23.4. The van der Waals surface area contributed by atoms with Crippen LogP contribution in [0.2, 0.25) is 0 Å². The van der Waals surface area contributed by atoms with E-state index in [2.05, 4.69) is 39.3 Å². The van der Waals surface area contributed by atoms with Crippen LogP contribution in [0.3, 0.4) is 0 Å². The molecule has 4 rings (SSSR count). The standard InChI is InChI=1S/C27H31N5O2/c1-5-32(6-2)13-12-29-27(34)25-17(3)24(30-18(25)4)15-22-21-14-19(20-8-7-11-28-16-20)9-10-23(21)31-26(22)33/h7-11,14-16,30H,5-6,12-13H2,1-4H3,(H,29,34)(H,31,33)/b22-15-. The van der Waals surface area contributed by atoms with Gasteiger partial charge in [0.15, 0.2) is 0 Å². The Labute approximate surface area is 200 Å². The Bertz CT molecular complexity index is 1240. The third kappa shape index (κ3) is 4.65. The average Bonchev–Trinajstić information content (AvgIpc) is 3.31. The van der Waals surface area contributed by atoms with Crippen LogP contribution in [0.5, 0.6) is 0 Å².